The van der Waals surface area contributed by atoms with Crippen LogP contribution in [0.15, 0.2) is 30.3 Å². The Labute approximate surface area is 114 Å². The standard InChI is InChI=1S/C12H10Cl2N2O2/c1-17-12-6-10(14)15-11(16-12)7-18-9-4-2-8(13)3-5-9/h2-6H,7H2,1H3. The first-order valence-corrected chi connectivity index (χ1v) is 5.89. The monoisotopic (exact) mass is 284 g/mol. The molecular formula is C12H10Cl2N2O2. The largest absolute Gasteiger partial charge is 0.486 e. The van der Waals surface area contributed by atoms with Gasteiger partial charge in [0.25, 0.3) is 0 Å². The van der Waals surface area contributed by atoms with E-state index < -0.39 is 0 Å². The number of ether oxygens (including phenoxy) is 2. The smallest absolute Gasteiger partial charge is 0.217 e. The van der Waals surface area contributed by atoms with Crippen LogP contribution in [0, 0.1) is 0 Å². The van der Waals surface area contributed by atoms with E-state index in [2.05, 4.69) is 9.97 Å². The zero-order valence-corrected chi connectivity index (χ0v) is 11.1. The molecule has 0 saturated carbocycles. The normalized spacial score (nSPS) is 10.2. The summed E-state index contributed by atoms with van der Waals surface area (Å²) in [4.78, 5) is 8.15. The van der Waals surface area contributed by atoms with E-state index >= 15 is 0 Å². The third-order valence-corrected chi connectivity index (χ3v) is 2.55. The van der Waals surface area contributed by atoms with Crippen LogP contribution in [0.5, 0.6) is 11.6 Å². The molecule has 0 aliphatic heterocycles. The molecule has 0 spiro atoms. The van der Waals surface area contributed by atoms with Crippen LogP contribution in [0.4, 0.5) is 0 Å². The van der Waals surface area contributed by atoms with Crippen LogP contribution >= 0.6 is 23.2 Å². The van der Waals surface area contributed by atoms with Crippen molar-refractivity contribution < 1.29 is 9.47 Å². The van der Waals surface area contributed by atoms with Gasteiger partial charge >= 0.3 is 0 Å². The Hall–Kier alpha value is -1.52. The highest BCUT2D eigenvalue weighted by Gasteiger charge is 2.04. The lowest BCUT2D eigenvalue weighted by Gasteiger charge is -2.06. The average molecular weight is 285 g/mol. The van der Waals surface area contributed by atoms with Gasteiger partial charge in [-0.15, -0.1) is 0 Å². The number of rotatable bonds is 4. The van der Waals surface area contributed by atoms with Crippen LogP contribution in [-0.2, 0) is 6.61 Å². The predicted octanol–water partition coefficient (Wildman–Crippen LogP) is 3.37. The van der Waals surface area contributed by atoms with Crippen molar-refractivity contribution in [2.24, 2.45) is 0 Å². The van der Waals surface area contributed by atoms with E-state index in [9.17, 15) is 0 Å². The Morgan fingerprint density at radius 2 is 1.83 bits per heavy atom. The molecule has 6 heteroatoms. The lowest BCUT2D eigenvalue weighted by atomic mass is 10.3. The second-order valence-electron chi connectivity index (χ2n) is 3.39. The summed E-state index contributed by atoms with van der Waals surface area (Å²) in [6.45, 7) is 0.207. The fourth-order valence-corrected chi connectivity index (χ4v) is 1.61. The van der Waals surface area contributed by atoms with Crippen LogP contribution < -0.4 is 9.47 Å². The molecule has 0 saturated heterocycles. The van der Waals surface area contributed by atoms with Gasteiger partial charge in [-0.25, -0.2) is 4.98 Å². The van der Waals surface area contributed by atoms with Gasteiger partial charge in [0.2, 0.25) is 5.88 Å². The van der Waals surface area contributed by atoms with E-state index in [1.54, 1.807) is 24.3 Å². The molecule has 1 aromatic carbocycles. The summed E-state index contributed by atoms with van der Waals surface area (Å²) in [7, 11) is 1.52. The Morgan fingerprint density at radius 1 is 1.11 bits per heavy atom. The van der Waals surface area contributed by atoms with Crippen LogP contribution in [0.1, 0.15) is 5.82 Å². The van der Waals surface area contributed by atoms with Gasteiger partial charge in [0, 0.05) is 11.1 Å². The maximum absolute atomic E-state index is 5.83. The van der Waals surface area contributed by atoms with E-state index in [1.165, 1.54) is 13.2 Å². The van der Waals surface area contributed by atoms with Gasteiger partial charge < -0.3 is 9.47 Å². The molecule has 18 heavy (non-hydrogen) atoms. The van der Waals surface area contributed by atoms with Crippen LogP contribution in [0.25, 0.3) is 0 Å². The molecule has 2 rings (SSSR count). The molecule has 1 aromatic heterocycles. The minimum absolute atomic E-state index is 0.207. The molecule has 4 nitrogen and oxygen atoms in total. The van der Waals surface area contributed by atoms with Crippen molar-refractivity contribution in [3.05, 3.63) is 46.3 Å². The van der Waals surface area contributed by atoms with Gasteiger partial charge in [-0.3, -0.25) is 0 Å². The molecule has 0 atom stereocenters. The number of aromatic nitrogens is 2. The third-order valence-electron chi connectivity index (χ3n) is 2.11. The van der Waals surface area contributed by atoms with Gasteiger partial charge in [-0.1, -0.05) is 23.2 Å². The lowest BCUT2D eigenvalue weighted by molar-refractivity contribution is 0.292. The number of nitrogens with zero attached hydrogens (tertiary/aromatic N) is 2. The molecule has 0 aliphatic carbocycles. The van der Waals surface area contributed by atoms with Gasteiger partial charge in [0.15, 0.2) is 5.82 Å². The van der Waals surface area contributed by atoms with Crippen molar-refractivity contribution in [1.29, 1.82) is 0 Å². The predicted molar refractivity (Wildman–Crippen MR) is 69.4 cm³/mol. The van der Waals surface area contributed by atoms with Crippen LogP contribution in [0.2, 0.25) is 10.2 Å². The van der Waals surface area contributed by atoms with E-state index in [0.717, 1.165) is 0 Å². The summed E-state index contributed by atoms with van der Waals surface area (Å²) in [5.41, 5.74) is 0. The molecule has 0 radical (unpaired) electrons. The second kappa shape index (κ2) is 5.89. The molecule has 94 valence electrons. The van der Waals surface area contributed by atoms with Gasteiger partial charge in [0.1, 0.15) is 17.5 Å². The van der Waals surface area contributed by atoms with Crippen molar-refractivity contribution in [1.82, 2.24) is 9.97 Å². The highest BCUT2D eigenvalue weighted by molar-refractivity contribution is 6.30. The van der Waals surface area contributed by atoms with Gasteiger partial charge in [-0.05, 0) is 24.3 Å². The maximum atomic E-state index is 5.83. The highest BCUT2D eigenvalue weighted by Crippen LogP contribution is 2.18. The van der Waals surface area contributed by atoms with E-state index in [1.807, 2.05) is 0 Å². The lowest BCUT2D eigenvalue weighted by Crippen LogP contribution is -2.03. The molecule has 0 bridgehead atoms. The van der Waals surface area contributed by atoms with Crippen LogP contribution in [0.3, 0.4) is 0 Å². The van der Waals surface area contributed by atoms with Gasteiger partial charge in [0.05, 0.1) is 7.11 Å². The van der Waals surface area contributed by atoms with E-state index in [0.29, 0.717) is 27.6 Å². The minimum Gasteiger partial charge on any atom is -0.486 e. The minimum atomic E-state index is 0.207. The van der Waals surface area contributed by atoms with Crippen LogP contribution in [-0.4, -0.2) is 17.1 Å². The molecule has 0 fully saturated rings. The summed E-state index contributed by atoms with van der Waals surface area (Å²) in [6.07, 6.45) is 0. The first kappa shape index (κ1) is 12.9. The second-order valence-corrected chi connectivity index (χ2v) is 4.22. The van der Waals surface area contributed by atoms with Crippen molar-refractivity contribution in [3.8, 4) is 11.6 Å². The first-order valence-electron chi connectivity index (χ1n) is 5.13. The number of hydrogen-bond donors (Lipinski definition) is 0. The molecule has 0 N–H and O–H groups in total. The molecule has 0 amide bonds. The van der Waals surface area contributed by atoms with Crippen molar-refractivity contribution in [3.63, 3.8) is 0 Å². The van der Waals surface area contributed by atoms with E-state index in [-0.39, 0.29) is 6.61 Å². The maximum Gasteiger partial charge on any atom is 0.217 e. The number of methoxy groups -OCH3 is 1. The summed E-state index contributed by atoms with van der Waals surface area (Å²) < 4.78 is 10.5. The zero-order valence-electron chi connectivity index (χ0n) is 9.56. The Morgan fingerprint density at radius 3 is 2.50 bits per heavy atom. The fourth-order valence-electron chi connectivity index (χ4n) is 1.29. The molecule has 2 aromatic rings. The summed E-state index contributed by atoms with van der Waals surface area (Å²) in [6, 6.07) is 8.56. The Kier molecular flexibility index (Phi) is 4.23. The van der Waals surface area contributed by atoms with Crippen molar-refractivity contribution in [2.45, 2.75) is 6.61 Å². The number of halogens is 2. The topological polar surface area (TPSA) is 44.2 Å². The molecule has 0 unspecified atom stereocenters. The zero-order chi connectivity index (χ0) is 13.0. The fraction of sp³-hybridized carbons (Fsp3) is 0.167. The quantitative estimate of drug-likeness (QED) is 0.808. The first-order chi connectivity index (χ1) is 8.67. The Balaban J connectivity index is 2.05. The molecular weight excluding hydrogens is 275 g/mol. The van der Waals surface area contributed by atoms with Gasteiger partial charge in [-0.2, -0.15) is 4.98 Å². The van der Waals surface area contributed by atoms with E-state index in [4.69, 9.17) is 32.7 Å². The SMILES string of the molecule is COc1cc(Cl)nc(COc2ccc(Cl)cc2)n1. The summed E-state index contributed by atoms with van der Waals surface area (Å²) in [5.74, 6) is 1.54. The number of benzene rings is 1. The summed E-state index contributed by atoms with van der Waals surface area (Å²) >= 11 is 11.6. The van der Waals surface area contributed by atoms with Crippen molar-refractivity contribution >= 4 is 23.2 Å². The molecule has 0 aliphatic rings. The highest BCUT2D eigenvalue weighted by atomic mass is 35.5. The number of hydrogen-bond acceptors (Lipinski definition) is 4. The Bertz CT molecular complexity index is 532. The summed E-state index contributed by atoms with van der Waals surface area (Å²) in [5, 5.41) is 0.972. The average Bonchev–Trinajstić information content (AvgIpc) is 2.37. The third kappa shape index (κ3) is 3.48. The molecule has 1 heterocycles. The van der Waals surface area contributed by atoms with Crippen molar-refractivity contribution in [2.75, 3.05) is 7.11 Å².